The molecule has 1 aromatic heterocycles. The van der Waals surface area contributed by atoms with Crippen LogP contribution in [0.25, 0.3) is 0 Å². The Balaban J connectivity index is 1.73. The van der Waals surface area contributed by atoms with E-state index in [9.17, 15) is 4.79 Å². The molecule has 0 aliphatic carbocycles. The molecule has 1 fully saturated rings. The molecule has 0 bridgehead atoms. The zero-order valence-corrected chi connectivity index (χ0v) is 18.9. The van der Waals surface area contributed by atoms with E-state index in [1.54, 1.807) is 16.7 Å². The Hall–Kier alpha value is -1.97. The molecule has 0 atom stereocenters. The standard InChI is InChI=1S/C19H35N7O2S/c1-5-28-19(27)25-11-8-15(9-12-25)22-17(20)21-10-6-7-16-23-24-18(29-4)26(16)13-14(2)3/h14-15H,5-13H2,1-4H3,(H3,20,21,22). The predicted molar refractivity (Wildman–Crippen MR) is 116 cm³/mol. The molecule has 1 aliphatic heterocycles. The Morgan fingerprint density at radius 1 is 1.38 bits per heavy atom. The monoisotopic (exact) mass is 425 g/mol. The molecule has 164 valence electrons. The number of piperidine rings is 1. The van der Waals surface area contributed by atoms with Gasteiger partial charge in [0.2, 0.25) is 0 Å². The van der Waals surface area contributed by atoms with Crippen LogP contribution in [0.4, 0.5) is 4.79 Å². The van der Waals surface area contributed by atoms with Crippen LogP contribution in [-0.4, -0.2) is 70.3 Å². The van der Waals surface area contributed by atoms with E-state index in [1.807, 2.05) is 13.2 Å². The molecule has 1 aromatic rings. The van der Waals surface area contributed by atoms with E-state index in [1.165, 1.54) is 0 Å². The molecule has 2 rings (SSSR count). The number of thioether (sulfide) groups is 1. The molecule has 0 unspecified atom stereocenters. The molecule has 1 amide bonds. The molecule has 1 saturated heterocycles. The Bertz CT molecular complexity index is 670. The fourth-order valence-electron chi connectivity index (χ4n) is 3.32. The number of hydrogen-bond donors (Lipinski definition) is 2. The lowest BCUT2D eigenvalue weighted by atomic mass is 10.1. The molecule has 10 heteroatoms. The van der Waals surface area contributed by atoms with Crippen LogP contribution in [0.15, 0.2) is 10.1 Å². The van der Waals surface area contributed by atoms with Crippen LogP contribution in [0.5, 0.6) is 0 Å². The number of aliphatic imine (C=N–C) groups is 1. The van der Waals surface area contributed by atoms with E-state index in [0.717, 1.165) is 43.2 Å². The second-order valence-corrected chi connectivity index (χ2v) is 8.36. The fraction of sp³-hybridized carbons (Fsp3) is 0.789. The van der Waals surface area contributed by atoms with Crippen molar-refractivity contribution in [3.63, 3.8) is 0 Å². The van der Waals surface area contributed by atoms with Crippen LogP contribution in [0.2, 0.25) is 0 Å². The molecule has 2 heterocycles. The van der Waals surface area contributed by atoms with Crippen LogP contribution in [-0.2, 0) is 17.7 Å². The first kappa shape index (κ1) is 23.3. The molecule has 0 spiro atoms. The third-order valence-corrected chi connectivity index (χ3v) is 5.40. The lowest BCUT2D eigenvalue weighted by Crippen LogP contribution is -2.48. The Kier molecular flexibility index (Phi) is 9.56. The number of aryl methyl sites for hydroxylation is 1. The van der Waals surface area contributed by atoms with Crippen molar-refractivity contribution in [3.05, 3.63) is 5.82 Å². The molecular formula is C19H35N7O2S. The van der Waals surface area contributed by atoms with Crippen molar-refractivity contribution in [3.8, 4) is 0 Å². The minimum absolute atomic E-state index is 0.234. The minimum Gasteiger partial charge on any atom is -0.450 e. The van der Waals surface area contributed by atoms with E-state index >= 15 is 0 Å². The number of nitrogens with one attached hydrogen (secondary N) is 1. The van der Waals surface area contributed by atoms with Gasteiger partial charge in [-0.1, -0.05) is 25.6 Å². The van der Waals surface area contributed by atoms with Crippen molar-refractivity contribution < 1.29 is 9.53 Å². The number of guanidine groups is 1. The summed E-state index contributed by atoms with van der Waals surface area (Å²) in [5.41, 5.74) is 6.04. The second kappa shape index (κ2) is 11.9. The highest BCUT2D eigenvalue weighted by atomic mass is 32.2. The summed E-state index contributed by atoms with van der Waals surface area (Å²) in [6.45, 7) is 9.53. The summed E-state index contributed by atoms with van der Waals surface area (Å²) in [5, 5.41) is 12.9. The summed E-state index contributed by atoms with van der Waals surface area (Å²) >= 11 is 1.63. The van der Waals surface area contributed by atoms with Crippen LogP contribution in [0.1, 0.15) is 45.9 Å². The van der Waals surface area contributed by atoms with Crippen molar-refractivity contribution >= 4 is 23.8 Å². The molecule has 0 radical (unpaired) electrons. The number of nitrogens with two attached hydrogens (primary N) is 1. The number of nitrogens with zero attached hydrogens (tertiary/aromatic N) is 5. The first-order valence-electron chi connectivity index (χ1n) is 10.4. The highest BCUT2D eigenvalue weighted by molar-refractivity contribution is 7.98. The van der Waals surface area contributed by atoms with E-state index in [2.05, 4.69) is 38.9 Å². The second-order valence-electron chi connectivity index (χ2n) is 7.58. The predicted octanol–water partition coefficient (Wildman–Crippen LogP) is 2.11. The third-order valence-electron chi connectivity index (χ3n) is 4.74. The van der Waals surface area contributed by atoms with Gasteiger partial charge in [-0.25, -0.2) is 4.79 Å². The van der Waals surface area contributed by atoms with Crippen molar-refractivity contribution in [1.29, 1.82) is 0 Å². The highest BCUT2D eigenvalue weighted by Crippen LogP contribution is 2.17. The maximum Gasteiger partial charge on any atom is 0.409 e. The zero-order valence-electron chi connectivity index (χ0n) is 18.1. The quantitative estimate of drug-likeness (QED) is 0.270. The summed E-state index contributed by atoms with van der Waals surface area (Å²) in [5.74, 6) is 2.02. The number of carbonyl (C=O) groups excluding carboxylic acids is 1. The fourth-order valence-corrected chi connectivity index (χ4v) is 3.84. The molecule has 9 nitrogen and oxygen atoms in total. The van der Waals surface area contributed by atoms with E-state index in [-0.39, 0.29) is 12.1 Å². The summed E-state index contributed by atoms with van der Waals surface area (Å²) in [6.07, 6.45) is 5.17. The summed E-state index contributed by atoms with van der Waals surface area (Å²) in [6, 6.07) is 0.239. The van der Waals surface area contributed by atoms with Gasteiger partial charge in [0.25, 0.3) is 0 Å². The number of likely N-dealkylation sites (tertiary alicyclic amines) is 1. The first-order chi connectivity index (χ1) is 13.9. The van der Waals surface area contributed by atoms with Gasteiger partial charge in [0.05, 0.1) is 6.61 Å². The van der Waals surface area contributed by atoms with Crippen molar-refractivity contribution in [1.82, 2.24) is 25.0 Å². The van der Waals surface area contributed by atoms with E-state index in [4.69, 9.17) is 10.5 Å². The minimum atomic E-state index is -0.234. The Morgan fingerprint density at radius 2 is 2.10 bits per heavy atom. The van der Waals surface area contributed by atoms with Crippen molar-refractivity contribution in [2.75, 3.05) is 32.5 Å². The SMILES string of the molecule is CCOC(=O)N1CCC(NC(N)=NCCCc2nnc(SC)n2CC(C)C)CC1. The van der Waals surface area contributed by atoms with E-state index < -0.39 is 0 Å². The van der Waals surface area contributed by atoms with Crippen LogP contribution < -0.4 is 11.1 Å². The van der Waals surface area contributed by atoms with Gasteiger partial charge >= 0.3 is 6.09 Å². The average Bonchev–Trinajstić information content (AvgIpc) is 3.07. The molecule has 0 aromatic carbocycles. The number of aromatic nitrogens is 3. The van der Waals surface area contributed by atoms with Gasteiger partial charge in [-0.15, -0.1) is 10.2 Å². The summed E-state index contributed by atoms with van der Waals surface area (Å²) < 4.78 is 7.25. The van der Waals surface area contributed by atoms with Crippen LogP contribution >= 0.6 is 11.8 Å². The number of carbonyl (C=O) groups is 1. The maximum atomic E-state index is 11.7. The van der Waals surface area contributed by atoms with Gasteiger partial charge in [0.15, 0.2) is 11.1 Å². The number of hydrogen-bond acceptors (Lipinski definition) is 6. The first-order valence-corrected chi connectivity index (χ1v) is 11.6. The van der Waals surface area contributed by atoms with Gasteiger partial charge in [-0.05, 0) is 38.4 Å². The smallest absolute Gasteiger partial charge is 0.409 e. The Morgan fingerprint density at radius 3 is 2.72 bits per heavy atom. The van der Waals surface area contributed by atoms with Crippen molar-refractivity contribution in [2.45, 2.75) is 64.2 Å². The summed E-state index contributed by atoms with van der Waals surface area (Å²) in [7, 11) is 0. The molecular weight excluding hydrogens is 390 g/mol. The van der Waals surface area contributed by atoms with E-state index in [0.29, 0.717) is 38.1 Å². The molecule has 29 heavy (non-hydrogen) atoms. The average molecular weight is 426 g/mol. The lowest BCUT2D eigenvalue weighted by Gasteiger charge is -2.31. The summed E-state index contributed by atoms with van der Waals surface area (Å²) in [4.78, 5) is 17.9. The maximum absolute atomic E-state index is 11.7. The lowest BCUT2D eigenvalue weighted by molar-refractivity contribution is 0.0963. The Labute approximate surface area is 177 Å². The highest BCUT2D eigenvalue weighted by Gasteiger charge is 2.23. The zero-order chi connectivity index (χ0) is 21.2. The van der Waals surface area contributed by atoms with Gasteiger partial charge in [-0.2, -0.15) is 0 Å². The van der Waals surface area contributed by atoms with Crippen LogP contribution in [0.3, 0.4) is 0 Å². The van der Waals surface area contributed by atoms with Crippen LogP contribution in [0, 0.1) is 5.92 Å². The number of rotatable bonds is 9. The topological polar surface area (TPSA) is 111 Å². The number of amides is 1. The van der Waals surface area contributed by atoms with Gasteiger partial charge in [0.1, 0.15) is 5.82 Å². The van der Waals surface area contributed by atoms with Gasteiger partial charge in [-0.3, -0.25) is 4.99 Å². The molecule has 1 aliphatic rings. The largest absolute Gasteiger partial charge is 0.450 e. The molecule has 0 saturated carbocycles. The van der Waals surface area contributed by atoms with Gasteiger partial charge < -0.3 is 25.3 Å². The number of ether oxygens (including phenoxy) is 1. The third kappa shape index (κ3) is 7.41. The normalized spacial score (nSPS) is 15.8. The van der Waals surface area contributed by atoms with Gasteiger partial charge in [0, 0.05) is 38.6 Å². The van der Waals surface area contributed by atoms with Crippen molar-refractivity contribution in [2.24, 2.45) is 16.6 Å². The molecule has 3 N–H and O–H groups in total.